The van der Waals surface area contributed by atoms with Gasteiger partial charge in [-0.05, 0) is 121 Å². The predicted octanol–water partition coefficient (Wildman–Crippen LogP) is 7.50. The number of hydrogen-bond acceptors (Lipinski definition) is 11. The molecule has 4 aromatic heterocycles. The third kappa shape index (κ3) is 11.9. The normalized spacial score (nSPS) is 15.5. The second kappa shape index (κ2) is 22.1. The van der Waals surface area contributed by atoms with Gasteiger partial charge in [-0.2, -0.15) is 0 Å². The molecular formula is C52H68F2N12O5. The highest BCUT2D eigenvalue weighted by molar-refractivity contribution is 5.80. The summed E-state index contributed by atoms with van der Waals surface area (Å²) in [5, 5.41) is 30.0. The summed E-state index contributed by atoms with van der Waals surface area (Å²) in [6.45, 7) is 15.6. The summed E-state index contributed by atoms with van der Waals surface area (Å²) in [5.41, 5.74) is 7.41. The summed E-state index contributed by atoms with van der Waals surface area (Å²) in [7, 11) is 1.00. The first kappa shape index (κ1) is 52.1. The number of ether oxygens (including phenoxy) is 2. The average molecular weight is 979 g/mol. The maximum atomic E-state index is 14.5. The Bertz CT molecular complexity index is 2880. The summed E-state index contributed by atoms with van der Waals surface area (Å²) in [5.74, 6) is 3.03. The van der Waals surface area contributed by atoms with Crippen molar-refractivity contribution in [1.82, 2.24) is 59.6 Å². The Morgan fingerprint density at radius 1 is 0.690 bits per heavy atom. The Labute approximate surface area is 414 Å². The number of carbonyl (C=O) groups excluding carboxylic acids is 2. The zero-order chi connectivity index (χ0) is 49.7. The van der Waals surface area contributed by atoms with E-state index in [2.05, 4.69) is 37.1 Å². The number of urea groups is 2. The minimum atomic E-state index is -0.274. The number of halogens is 2. The van der Waals surface area contributed by atoms with Crippen LogP contribution in [0.1, 0.15) is 119 Å². The van der Waals surface area contributed by atoms with Gasteiger partial charge in [0.25, 0.3) is 0 Å². The molecule has 0 saturated carbocycles. The molecule has 10 rings (SSSR count). The molecular weight excluding hydrogens is 911 g/mol. The van der Waals surface area contributed by atoms with Gasteiger partial charge in [0.2, 0.25) is 0 Å². The first-order chi connectivity index (χ1) is 33.6. The molecule has 6 aromatic rings. The number of likely N-dealkylation sites (tertiary alicyclic amines) is 1. The van der Waals surface area contributed by atoms with E-state index in [1.54, 1.807) is 29.7 Å². The fourth-order valence-electron chi connectivity index (χ4n) is 9.57. The Balaban J connectivity index is 0.000000199. The van der Waals surface area contributed by atoms with E-state index in [4.69, 9.17) is 24.5 Å². The van der Waals surface area contributed by atoms with E-state index in [0.717, 1.165) is 95.1 Å². The minimum Gasteiger partial charge on any atom is -0.493 e. The van der Waals surface area contributed by atoms with Crippen molar-refractivity contribution in [2.75, 3.05) is 46.5 Å². The van der Waals surface area contributed by atoms with Crippen LogP contribution in [0.5, 0.6) is 11.5 Å². The van der Waals surface area contributed by atoms with Crippen LogP contribution >= 0.6 is 0 Å². The third-order valence-corrected chi connectivity index (χ3v) is 13.0. The molecule has 0 bridgehead atoms. The summed E-state index contributed by atoms with van der Waals surface area (Å²) >= 11 is 0. The third-order valence-electron chi connectivity index (χ3n) is 13.0. The Morgan fingerprint density at radius 2 is 1.20 bits per heavy atom. The zero-order valence-electron chi connectivity index (χ0n) is 41.2. The van der Waals surface area contributed by atoms with Crippen LogP contribution in [-0.2, 0) is 38.5 Å². The largest absolute Gasteiger partial charge is 0.493 e. The maximum absolute atomic E-state index is 14.5. The van der Waals surface area contributed by atoms with Crippen LogP contribution in [0.4, 0.5) is 18.4 Å². The number of rotatable bonds is 8. The fourth-order valence-corrected chi connectivity index (χ4v) is 9.57. The molecule has 71 heavy (non-hydrogen) atoms. The van der Waals surface area contributed by atoms with Gasteiger partial charge in [0.05, 0.1) is 13.2 Å². The highest BCUT2D eigenvalue weighted by Crippen LogP contribution is 2.34. The number of piperidine rings is 1. The van der Waals surface area contributed by atoms with Crippen molar-refractivity contribution in [3.63, 3.8) is 0 Å². The summed E-state index contributed by atoms with van der Waals surface area (Å²) in [6.07, 6.45) is 15.2. The number of aryl methyl sites for hydroxylation is 2. The van der Waals surface area contributed by atoms with Crippen LogP contribution in [0.15, 0.2) is 55.4 Å². The van der Waals surface area contributed by atoms with E-state index in [1.165, 1.54) is 12.1 Å². The number of aliphatic hydroxyl groups is 1. The number of benzene rings is 2. The fraction of sp³-hybridized carbons (Fsp3) is 0.500. The number of aromatic nitrogens is 8. The van der Waals surface area contributed by atoms with Crippen LogP contribution in [0.2, 0.25) is 0 Å². The quantitative estimate of drug-likeness (QED) is 0.137. The van der Waals surface area contributed by atoms with Crippen LogP contribution in [0.3, 0.4) is 0 Å². The highest BCUT2D eigenvalue weighted by Gasteiger charge is 2.29. The SMILES string of the molecule is C.CC(C)(C)NC(=O)N1CC=C(c2cnc(CCc3c(F)ccc4c3CCO4)n3cnnc23)CC1.CC(C)(C)NC(=O)N1CCC(c2cnc(CCc3c(F)ccc4c3CCO4)n3cnnc23)CC1.CO. The molecule has 3 N–H and O–H groups in total. The molecule has 0 atom stereocenters. The van der Waals surface area contributed by atoms with Crippen LogP contribution in [0, 0.1) is 11.6 Å². The number of fused-ring (bicyclic) bond motifs is 4. The van der Waals surface area contributed by atoms with Gasteiger partial charge >= 0.3 is 12.1 Å². The molecule has 1 fully saturated rings. The van der Waals surface area contributed by atoms with E-state index in [0.29, 0.717) is 82.6 Å². The zero-order valence-corrected chi connectivity index (χ0v) is 41.2. The monoisotopic (exact) mass is 979 g/mol. The second-order valence-electron chi connectivity index (χ2n) is 20.0. The van der Waals surface area contributed by atoms with Crippen molar-refractivity contribution in [2.24, 2.45) is 0 Å². The summed E-state index contributed by atoms with van der Waals surface area (Å²) in [4.78, 5) is 38.1. The molecule has 0 radical (unpaired) electrons. The minimum absolute atomic E-state index is 0. The van der Waals surface area contributed by atoms with Crippen molar-refractivity contribution in [3.8, 4) is 11.5 Å². The maximum Gasteiger partial charge on any atom is 0.318 e. The number of hydrogen-bond donors (Lipinski definition) is 3. The molecule has 17 nitrogen and oxygen atoms in total. The number of amides is 4. The summed E-state index contributed by atoms with van der Waals surface area (Å²) < 4.78 is 44.1. The van der Waals surface area contributed by atoms with Gasteiger partial charge in [0.15, 0.2) is 11.3 Å². The predicted molar refractivity (Wildman–Crippen MR) is 267 cm³/mol. The molecule has 380 valence electrons. The highest BCUT2D eigenvalue weighted by atomic mass is 19.1. The molecule has 4 amide bonds. The Kier molecular flexibility index (Phi) is 16.2. The molecule has 0 aliphatic carbocycles. The number of nitrogens with one attached hydrogen (secondary N) is 2. The van der Waals surface area contributed by atoms with Gasteiger partial charge in [0.1, 0.15) is 47.4 Å². The molecule has 8 heterocycles. The van der Waals surface area contributed by atoms with Gasteiger partial charge in [-0.1, -0.05) is 13.5 Å². The van der Waals surface area contributed by atoms with Crippen LogP contribution < -0.4 is 20.1 Å². The second-order valence-corrected chi connectivity index (χ2v) is 20.0. The Morgan fingerprint density at radius 3 is 1.72 bits per heavy atom. The lowest BCUT2D eigenvalue weighted by Crippen LogP contribution is -2.50. The molecule has 2 aromatic carbocycles. The smallest absolute Gasteiger partial charge is 0.318 e. The van der Waals surface area contributed by atoms with Gasteiger partial charge in [-0.25, -0.2) is 28.3 Å². The van der Waals surface area contributed by atoms with Gasteiger partial charge in [-0.15, -0.1) is 20.4 Å². The standard InChI is InChI=1S/C25H31FN6O2.C25H29FN6O2.CH4O.CH4/c2*1-25(2,3)29-24(33)31-11-8-16(9-12-31)19-14-27-22(32-15-28-30-23(19)32)7-4-17-18-10-13-34-21(18)6-5-20(17)26;1-2;/h5-6,14-16H,4,7-13H2,1-3H3,(H,29,33);5-6,8,14-15H,4,7,9-13H2,1-3H3,(H,29,33);2H,1H3;1H4. The lowest BCUT2D eigenvalue weighted by molar-refractivity contribution is 0.173. The van der Waals surface area contributed by atoms with E-state index >= 15 is 0 Å². The number of aliphatic hydroxyl groups excluding tert-OH is 1. The van der Waals surface area contributed by atoms with Crippen molar-refractivity contribution in [1.29, 1.82) is 0 Å². The number of nitrogens with zero attached hydrogens (tertiary/aromatic N) is 10. The molecule has 4 aliphatic rings. The van der Waals surface area contributed by atoms with E-state index in [9.17, 15) is 18.4 Å². The van der Waals surface area contributed by atoms with Crippen molar-refractivity contribution in [2.45, 2.75) is 124 Å². The lowest BCUT2D eigenvalue weighted by Gasteiger charge is -2.34. The van der Waals surface area contributed by atoms with Gasteiger partial charge in [0, 0.05) is 105 Å². The topological polar surface area (TPSA) is 190 Å². The molecule has 1 saturated heterocycles. The number of carbonyl (C=O) groups is 2. The van der Waals surface area contributed by atoms with Gasteiger partial charge < -0.3 is 35.0 Å². The molecule has 4 aliphatic heterocycles. The molecule has 19 heteroatoms. The summed E-state index contributed by atoms with van der Waals surface area (Å²) in [6, 6.07) is 6.30. The molecule has 0 spiro atoms. The van der Waals surface area contributed by atoms with Gasteiger partial charge in [-0.3, -0.25) is 8.80 Å². The lowest BCUT2D eigenvalue weighted by atomic mass is 9.90. The molecule has 0 unspecified atom stereocenters. The van der Waals surface area contributed by atoms with Crippen molar-refractivity contribution >= 4 is 28.9 Å². The van der Waals surface area contributed by atoms with E-state index in [1.807, 2.05) is 67.6 Å². The van der Waals surface area contributed by atoms with E-state index < -0.39 is 0 Å². The first-order valence-electron chi connectivity index (χ1n) is 24.1. The Hall–Kier alpha value is -6.76. The first-order valence-corrected chi connectivity index (χ1v) is 24.1. The van der Waals surface area contributed by atoms with Crippen LogP contribution in [-0.4, -0.2) is 124 Å². The van der Waals surface area contributed by atoms with Crippen molar-refractivity contribution in [3.05, 3.63) is 112 Å². The average Bonchev–Trinajstić information content (AvgIpc) is 4.19. The van der Waals surface area contributed by atoms with Crippen LogP contribution in [0.25, 0.3) is 16.9 Å². The van der Waals surface area contributed by atoms with E-state index in [-0.39, 0.29) is 48.1 Å². The van der Waals surface area contributed by atoms with Crippen molar-refractivity contribution < 1.29 is 33.0 Å².